The Balaban J connectivity index is 1.79. The van der Waals surface area contributed by atoms with Gasteiger partial charge in [-0.05, 0) is 43.7 Å². The smallest absolute Gasteiger partial charge is 0.238 e. The Labute approximate surface area is 155 Å². The Hall–Kier alpha value is -2.79. The molecule has 1 amide bonds. The standard InChI is InChI=1S/C21H26N2O3/c1-4-13-25-20-8-6-5-7-19(20)23-21(24)15-22-14-17-9-11-18(12-10-17)26-16(2)3/h4-12,16,22H,1,13-15H2,2-3H3,(H,23,24). The summed E-state index contributed by atoms with van der Waals surface area (Å²) in [4.78, 5) is 12.1. The topological polar surface area (TPSA) is 59.6 Å². The molecule has 0 radical (unpaired) electrons. The third-order valence-corrected chi connectivity index (χ3v) is 3.43. The minimum absolute atomic E-state index is 0.126. The Kier molecular flexibility index (Phi) is 7.71. The average molecular weight is 354 g/mol. The summed E-state index contributed by atoms with van der Waals surface area (Å²) in [5.74, 6) is 1.35. The predicted molar refractivity (Wildman–Crippen MR) is 105 cm³/mol. The Morgan fingerprint density at radius 3 is 2.58 bits per heavy atom. The number of amides is 1. The third-order valence-electron chi connectivity index (χ3n) is 3.43. The highest BCUT2D eigenvalue weighted by molar-refractivity contribution is 5.93. The molecule has 138 valence electrons. The largest absolute Gasteiger partial charge is 0.491 e. The SMILES string of the molecule is C=CCOc1ccccc1NC(=O)CNCc1ccc(OC(C)C)cc1. The monoisotopic (exact) mass is 354 g/mol. The zero-order valence-corrected chi connectivity index (χ0v) is 15.3. The molecule has 0 bridgehead atoms. The van der Waals surface area contributed by atoms with Crippen LogP contribution in [0, 0.1) is 0 Å². The summed E-state index contributed by atoms with van der Waals surface area (Å²) in [5.41, 5.74) is 1.74. The van der Waals surface area contributed by atoms with Gasteiger partial charge in [-0.3, -0.25) is 4.79 Å². The molecule has 26 heavy (non-hydrogen) atoms. The number of anilines is 1. The molecule has 0 heterocycles. The van der Waals surface area contributed by atoms with Gasteiger partial charge in [0.1, 0.15) is 18.1 Å². The summed E-state index contributed by atoms with van der Waals surface area (Å²) >= 11 is 0. The maximum atomic E-state index is 12.1. The molecule has 2 aromatic rings. The van der Waals surface area contributed by atoms with Crippen LogP contribution in [0.1, 0.15) is 19.4 Å². The van der Waals surface area contributed by atoms with E-state index in [1.54, 1.807) is 6.08 Å². The van der Waals surface area contributed by atoms with Crippen LogP contribution in [0.3, 0.4) is 0 Å². The van der Waals surface area contributed by atoms with Crippen LogP contribution in [0.15, 0.2) is 61.2 Å². The molecule has 0 saturated carbocycles. The van der Waals surface area contributed by atoms with Crippen LogP contribution in [-0.2, 0) is 11.3 Å². The quantitative estimate of drug-likeness (QED) is 0.638. The first-order chi connectivity index (χ1) is 12.6. The second kappa shape index (κ2) is 10.3. The molecule has 0 atom stereocenters. The fourth-order valence-electron chi connectivity index (χ4n) is 2.32. The summed E-state index contributed by atoms with van der Waals surface area (Å²) in [6, 6.07) is 15.2. The molecule has 0 aliphatic heterocycles. The van der Waals surface area contributed by atoms with Crippen molar-refractivity contribution in [3.63, 3.8) is 0 Å². The molecular weight excluding hydrogens is 328 g/mol. The van der Waals surface area contributed by atoms with E-state index in [1.165, 1.54) is 0 Å². The summed E-state index contributed by atoms with van der Waals surface area (Å²) in [5, 5.41) is 5.99. The molecule has 2 aromatic carbocycles. The minimum Gasteiger partial charge on any atom is -0.491 e. The van der Waals surface area contributed by atoms with Gasteiger partial charge in [-0.15, -0.1) is 0 Å². The molecule has 5 heteroatoms. The predicted octanol–water partition coefficient (Wildman–Crippen LogP) is 3.77. The van der Waals surface area contributed by atoms with Crippen molar-refractivity contribution in [2.24, 2.45) is 0 Å². The second-order valence-electron chi connectivity index (χ2n) is 6.06. The molecule has 0 saturated heterocycles. The molecule has 2 rings (SSSR count). The first kappa shape index (κ1) is 19.5. The van der Waals surface area contributed by atoms with E-state index in [4.69, 9.17) is 9.47 Å². The van der Waals surface area contributed by atoms with Gasteiger partial charge in [0.2, 0.25) is 5.91 Å². The lowest BCUT2D eigenvalue weighted by Crippen LogP contribution is -2.27. The highest BCUT2D eigenvalue weighted by Gasteiger charge is 2.07. The van der Waals surface area contributed by atoms with Gasteiger partial charge in [-0.25, -0.2) is 0 Å². The highest BCUT2D eigenvalue weighted by Crippen LogP contribution is 2.23. The lowest BCUT2D eigenvalue weighted by Gasteiger charge is -2.12. The number of hydrogen-bond donors (Lipinski definition) is 2. The van der Waals surface area contributed by atoms with E-state index in [0.717, 1.165) is 11.3 Å². The zero-order valence-electron chi connectivity index (χ0n) is 15.3. The first-order valence-corrected chi connectivity index (χ1v) is 8.67. The van der Waals surface area contributed by atoms with E-state index in [2.05, 4.69) is 17.2 Å². The van der Waals surface area contributed by atoms with Crippen molar-refractivity contribution in [3.8, 4) is 11.5 Å². The van der Waals surface area contributed by atoms with E-state index in [-0.39, 0.29) is 18.6 Å². The number of ether oxygens (including phenoxy) is 2. The van der Waals surface area contributed by atoms with Gasteiger partial charge in [0.25, 0.3) is 0 Å². The Morgan fingerprint density at radius 2 is 1.88 bits per heavy atom. The molecule has 0 aliphatic carbocycles. The number of para-hydroxylation sites is 2. The van der Waals surface area contributed by atoms with Crippen molar-refractivity contribution in [2.45, 2.75) is 26.5 Å². The normalized spacial score (nSPS) is 10.4. The van der Waals surface area contributed by atoms with Gasteiger partial charge in [0.15, 0.2) is 0 Å². The maximum absolute atomic E-state index is 12.1. The molecule has 0 fully saturated rings. The van der Waals surface area contributed by atoms with E-state index in [1.807, 2.05) is 62.4 Å². The lowest BCUT2D eigenvalue weighted by molar-refractivity contribution is -0.115. The summed E-state index contributed by atoms with van der Waals surface area (Å²) in [7, 11) is 0. The van der Waals surface area contributed by atoms with Crippen LogP contribution in [0.5, 0.6) is 11.5 Å². The third kappa shape index (κ3) is 6.61. The van der Waals surface area contributed by atoms with Gasteiger partial charge in [-0.2, -0.15) is 0 Å². The number of carbonyl (C=O) groups is 1. The number of rotatable bonds is 10. The average Bonchev–Trinajstić information content (AvgIpc) is 2.62. The van der Waals surface area contributed by atoms with Crippen LogP contribution in [0.4, 0.5) is 5.69 Å². The van der Waals surface area contributed by atoms with Crippen molar-refractivity contribution in [1.29, 1.82) is 0 Å². The second-order valence-corrected chi connectivity index (χ2v) is 6.06. The van der Waals surface area contributed by atoms with Crippen molar-refractivity contribution in [2.75, 3.05) is 18.5 Å². The van der Waals surface area contributed by atoms with Crippen LogP contribution in [-0.4, -0.2) is 25.2 Å². The molecule has 0 unspecified atom stereocenters. The number of carbonyl (C=O) groups excluding carboxylic acids is 1. The molecule has 0 aromatic heterocycles. The first-order valence-electron chi connectivity index (χ1n) is 8.67. The van der Waals surface area contributed by atoms with Crippen molar-refractivity contribution < 1.29 is 14.3 Å². The van der Waals surface area contributed by atoms with Gasteiger partial charge in [-0.1, -0.05) is 36.9 Å². The Bertz CT molecular complexity index is 711. The van der Waals surface area contributed by atoms with E-state index < -0.39 is 0 Å². The fraction of sp³-hybridized carbons (Fsp3) is 0.286. The number of nitrogens with one attached hydrogen (secondary N) is 2. The number of benzene rings is 2. The molecule has 0 spiro atoms. The van der Waals surface area contributed by atoms with Gasteiger partial charge in [0, 0.05) is 6.54 Å². The fourth-order valence-corrected chi connectivity index (χ4v) is 2.32. The minimum atomic E-state index is -0.126. The van der Waals surface area contributed by atoms with Crippen molar-refractivity contribution in [3.05, 3.63) is 66.7 Å². The molecule has 2 N–H and O–H groups in total. The summed E-state index contributed by atoms with van der Waals surface area (Å²) in [6.45, 7) is 8.81. The van der Waals surface area contributed by atoms with E-state index >= 15 is 0 Å². The Morgan fingerprint density at radius 1 is 1.15 bits per heavy atom. The van der Waals surface area contributed by atoms with Crippen LogP contribution in [0.25, 0.3) is 0 Å². The van der Waals surface area contributed by atoms with Gasteiger partial charge in [0.05, 0.1) is 18.3 Å². The summed E-state index contributed by atoms with van der Waals surface area (Å²) < 4.78 is 11.1. The van der Waals surface area contributed by atoms with Crippen molar-refractivity contribution >= 4 is 11.6 Å². The van der Waals surface area contributed by atoms with Crippen molar-refractivity contribution in [1.82, 2.24) is 5.32 Å². The van der Waals surface area contributed by atoms with Gasteiger partial charge >= 0.3 is 0 Å². The number of hydrogen-bond acceptors (Lipinski definition) is 4. The highest BCUT2D eigenvalue weighted by atomic mass is 16.5. The maximum Gasteiger partial charge on any atom is 0.238 e. The van der Waals surface area contributed by atoms with Crippen LogP contribution in [0.2, 0.25) is 0 Å². The summed E-state index contributed by atoms with van der Waals surface area (Å²) in [6.07, 6.45) is 1.82. The van der Waals surface area contributed by atoms with Gasteiger partial charge < -0.3 is 20.1 Å². The van der Waals surface area contributed by atoms with E-state index in [9.17, 15) is 4.79 Å². The molecule has 0 aliphatic rings. The zero-order chi connectivity index (χ0) is 18.8. The molecular formula is C21H26N2O3. The van der Waals surface area contributed by atoms with Crippen LogP contribution >= 0.6 is 0 Å². The molecule has 5 nitrogen and oxygen atoms in total. The van der Waals surface area contributed by atoms with E-state index in [0.29, 0.717) is 24.6 Å². The lowest BCUT2D eigenvalue weighted by atomic mass is 10.2. The van der Waals surface area contributed by atoms with Crippen LogP contribution < -0.4 is 20.1 Å².